The molecule has 1 N–H and O–H groups in total. The number of rotatable bonds is 3. The van der Waals surface area contributed by atoms with Gasteiger partial charge in [-0.2, -0.15) is 5.26 Å². The van der Waals surface area contributed by atoms with Gasteiger partial charge in [-0.15, -0.1) is 0 Å². The number of benzene rings is 1. The van der Waals surface area contributed by atoms with E-state index in [0.29, 0.717) is 18.8 Å². The van der Waals surface area contributed by atoms with Gasteiger partial charge in [0, 0.05) is 6.08 Å². The zero-order valence-electron chi connectivity index (χ0n) is 9.22. The number of nitriles is 1. The fourth-order valence-electron chi connectivity index (χ4n) is 1.45. The Bertz CT molecular complexity index is 484. The molecule has 1 heterocycles. The largest absolute Gasteiger partial charge is 0.377 e. The Kier molecular flexibility index (Phi) is 3.53. The summed E-state index contributed by atoms with van der Waals surface area (Å²) in [6.07, 6.45) is 3.16. The normalized spacial score (nSPS) is 15.2. The molecule has 86 valence electrons. The van der Waals surface area contributed by atoms with E-state index >= 15 is 0 Å². The van der Waals surface area contributed by atoms with Crippen LogP contribution in [0.3, 0.4) is 0 Å². The minimum atomic E-state index is -0.138. The Hall–Kier alpha value is -2.12. The fraction of sp³-hybridized carbons (Fsp3) is 0.231. The lowest BCUT2D eigenvalue weighted by atomic mass is 10.1. The van der Waals surface area contributed by atoms with Gasteiger partial charge in [0.15, 0.2) is 0 Å². The smallest absolute Gasteiger partial charge is 0.244 e. The van der Waals surface area contributed by atoms with Crippen LogP contribution >= 0.6 is 0 Å². The van der Waals surface area contributed by atoms with E-state index in [1.807, 2.05) is 6.07 Å². The van der Waals surface area contributed by atoms with Crippen LogP contribution in [-0.4, -0.2) is 25.2 Å². The third-order valence-electron chi connectivity index (χ3n) is 2.43. The van der Waals surface area contributed by atoms with Crippen molar-refractivity contribution < 1.29 is 9.53 Å². The first-order valence-electron chi connectivity index (χ1n) is 5.34. The predicted molar refractivity (Wildman–Crippen MR) is 62.9 cm³/mol. The van der Waals surface area contributed by atoms with E-state index in [9.17, 15) is 4.79 Å². The van der Waals surface area contributed by atoms with Crippen molar-refractivity contribution in [2.24, 2.45) is 0 Å². The number of carbonyl (C=O) groups is 1. The molecule has 4 nitrogen and oxygen atoms in total. The first-order chi connectivity index (χ1) is 8.28. The molecule has 0 atom stereocenters. The highest BCUT2D eigenvalue weighted by molar-refractivity contribution is 5.92. The van der Waals surface area contributed by atoms with Gasteiger partial charge in [-0.3, -0.25) is 4.79 Å². The van der Waals surface area contributed by atoms with E-state index in [1.54, 1.807) is 24.3 Å². The van der Waals surface area contributed by atoms with E-state index in [1.165, 1.54) is 6.08 Å². The molecule has 0 aliphatic carbocycles. The van der Waals surface area contributed by atoms with Crippen LogP contribution in [0.25, 0.3) is 6.08 Å². The maximum Gasteiger partial charge on any atom is 0.244 e. The number of amides is 1. The molecule has 0 saturated carbocycles. The molecule has 1 aliphatic heterocycles. The second kappa shape index (κ2) is 5.28. The summed E-state index contributed by atoms with van der Waals surface area (Å²) < 4.78 is 4.95. The van der Waals surface area contributed by atoms with Gasteiger partial charge in [-0.25, -0.2) is 0 Å². The monoisotopic (exact) mass is 228 g/mol. The first-order valence-corrected chi connectivity index (χ1v) is 5.34. The molecule has 2 rings (SSSR count). The molecule has 1 saturated heterocycles. The Morgan fingerprint density at radius 1 is 1.53 bits per heavy atom. The molecule has 1 aliphatic rings. The number of hydrogen-bond donors (Lipinski definition) is 1. The van der Waals surface area contributed by atoms with Crippen molar-refractivity contribution in [3.63, 3.8) is 0 Å². The van der Waals surface area contributed by atoms with Crippen molar-refractivity contribution >= 4 is 12.0 Å². The van der Waals surface area contributed by atoms with Crippen LogP contribution in [0, 0.1) is 11.3 Å². The van der Waals surface area contributed by atoms with Crippen molar-refractivity contribution in [3.05, 3.63) is 41.5 Å². The molecule has 0 radical (unpaired) electrons. The molecule has 1 aromatic rings. The molecular formula is C13H12N2O2. The molecule has 1 amide bonds. The van der Waals surface area contributed by atoms with Crippen molar-refractivity contribution in [3.8, 4) is 6.07 Å². The predicted octanol–water partition coefficient (Wildman–Crippen LogP) is 1.09. The van der Waals surface area contributed by atoms with Crippen LogP contribution in [-0.2, 0) is 9.53 Å². The van der Waals surface area contributed by atoms with E-state index in [-0.39, 0.29) is 11.9 Å². The lowest BCUT2D eigenvalue weighted by Crippen LogP contribution is -2.48. The van der Waals surface area contributed by atoms with Crippen molar-refractivity contribution in [2.45, 2.75) is 6.04 Å². The van der Waals surface area contributed by atoms with Gasteiger partial charge in [-0.05, 0) is 23.8 Å². The Balaban J connectivity index is 1.94. The van der Waals surface area contributed by atoms with Crippen LogP contribution in [0.2, 0.25) is 0 Å². The number of nitrogens with one attached hydrogen (secondary N) is 1. The van der Waals surface area contributed by atoms with E-state index < -0.39 is 0 Å². The summed E-state index contributed by atoms with van der Waals surface area (Å²) in [5.74, 6) is -0.138. The first kappa shape index (κ1) is 11.4. The second-order valence-corrected chi connectivity index (χ2v) is 3.81. The molecule has 4 heteroatoms. The van der Waals surface area contributed by atoms with Crippen molar-refractivity contribution in [2.75, 3.05) is 13.2 Å². The van der Waals surface area contributed by atoms with Gasteiger partial charge >= 0.3 is 0 Å². The van der Waals surface area contributed by atoms with Gasteiger partial charge < -0.3 is 10.1 Å². The lowest BCUT2D eigenvalue weighted by Gasteiger charge is -2.26. The van der Waals surface area contributed by atoms with E-state index in [2.05, 4.69) is 11.4 Å². The minimum absolute atomic E-state index is 0.137. The molecule has 1 fully saturated rings. The molecule has 17 heavy (non-hydrogen) atoms. The van der Waals surface area contributed by atoms with Crippen LogP contribution in [0.15, 0.2) is 30.3 Å². The summed E-state index contributed by atoms with van der Waals surface area (Å²) in [7, 11) is 0. The highest BCUT2D eigenvalue weighted by Crippen LogP contribution is 2.06. The quantitative estimate of drug-likeness (QED) is 0.787. The summed E-state index contributed by atoms with van der Waals surface area (Å²) in [4.78, 5) is 11.5. The average molecular weight is 228 g/mol. The van der Waals surface area contributed by atoms with Gasteiger partial charge in [0.25, 0.3) is 0 Å². The van der Waals surface area contributed by atoms with E-state index in [0.717, 1.165) is 5.56 Å². The SMILES string of the molecule is N#Cc1cccc(C=CC(=O)NC2COC2)c1. The third-order valence-corrected chi connectivity index (χ3v) is 2.43. The number of hydrogen-bond acceptors (Lipinski definition) is 3. The highest BCUT2D eigenvalue weighted by Gasteiger charge is 2.18. The maximum absolute atomic E-state index is 11.5. The summed E-state index contributed by atoms with van der Waals surface area (Å²) in [5.41, 5.74) is 1.42. The number of ether oxygens (including phenoxy) is 1. The van der Waals surface area contributed by atoms with E-state index in [4.69, 9.17) is 10.00 Å². The molecule has 0 spiro atoms. The zero-order valence-corrected chi connectivity index (χ0v) is 9.22. The van der Waals surface area contributed by atoms with Crippen LogP contribution in [0.1, 0.15) is 11.1 Å². The topological polar surface area (TPSA) is 62.1 Å². The molecular weight excluding hydrogens is 216 g/mol. The molecule has 0 bridgehead atoms. The second-order valence-electron chi connectivity index (χ2n) is 3.81. The summed E-state index contributed by atoms with van der Waals surface area (Å²) in [5, 5.41) is 11.5. The lowest BCUT2D eigenvalue weighted by molar-refractivity contribution is -0.120. The summed E-state index contributed by atoms with van der Waals surface area (Å²) >= 11 is 0. The average Bonchev–Trinajstić information content (AvgIpc) is 2.31. The minimum Gasteiger partial charge on any atom is -0.377 e. The van der Waals surface area contributed by atoms with Gasteiger partial charge in [-0.1, -0.05) is 12.1 Å². The van der Waals surface area contributed by atoms with Crippen LogP contribution < -0.4 is 5.32 Å². The van der Waals surface area contributed by atoms with Crippen LogP contribution in [0.5, 0.6) is 0 Å². The Morgan fingerprint density at radius 2 is 2.35 bits per heavy atom. The van der Waals surface area contributed by atoms with Crippen molar-refractivity contribution in [1.29, 1.82) is 5.26 Å². The molecule has 0 aromatic heterocycles. The standard InChI is InChI=1S/C13H12N2O2/c14-7-11-3-1-2-10(6-11)4-5-13(16)15-12-8-17-9-12/h1-6,12H,8-9H2,(H,15,16). The summed E-state index contributed by atoms with van der Waals surface area (Å²) in [6, 6.07) is 9.28. The summed E-state index contributed by atoms with van der Waals surface area (Å²) in [6.45, 7) is 1.17. The van der Waals surface area contributed by atoms with Gasteiger partial charge in [0.1, 0.15) is 0 Å². The maximum atomic E-state index is 11.5. The zero-order chi connectivity index (χ0) is 12.1. The fourth-order valence-corrected chi connectivity index (χ4v) is 1.45. The number of nitrogens with zero attached hydrogens (tertiary/aromatic N) is 1. The number of carbonyl (C=O) groups excluding carboxylic acids is 1. The molecule has 1 aromatic carbocycles. The Labute approximate surface area is 99.5 Å². The van der Waals surface area contributed by atoms with Gasteiger partial charge in [0.2, 0.25) is 5.91 Å². The highest BCUT2D eigenvalue weighted by atomic mass is 16.5. The van der Waals surface area contributed by atoms with Gasteiger partial charge in [0.05, 0.1) is 30.9 Å². The van der Waals surface area contributed by atoms with Crippen molar-refractivity contribution in [1.82, 2.24) is 5.32 Å². The molecule has 0 unspecified atom stereocenters. The Morgan fingerprint density at radius 3 is 3.00 bits per heavy atom. The third kappa shape index (κ3) is 3.16. The van der Waals surface area contributed by atoms with Crippen LogP contribution in [0.4, 0.5) is 0 Å².